The molecule has 0 bridgehead atoms. The van der Waals surface area contributed by atoms with E-state index in [-0.39, 0.29) is 4.90 Å². The van der Waals surface area contributed by atoms with Crippen LogP contribution in [0.4, 0.5) is 0 Å². The molecule has 0 aliphatic carbocycles. The van der Waals surface area contributed by atoms with E-state index in [4.69, 9.17) is 5.14 Å². The van der Waals surface area contributed by atoms with E-state index in [0.29, 0.717) is 6.42 Å². The highest BCUT2D eigenvalue weighted by Crippen LogP contribution is 2.21. The molecule has 78 valence electrons. The first-order chi connectivity index (χ1) is 6.38. The Kier molecular flexibility index (Phi) is 2.97. The minimum atomic E-state index is -3.58. The monoisotopic (exact) mass is 213 g/mol. The van der Waals surface area contributed by atoms with Crippen LogP contribution in [0.2, 0.25) is 0 Å². The van der Waals surface area contributed by atoms with Crippen LogP contribution < -0.4 is 5.14 Å². The molecule has 0 spiro atoms. The molecular weight excluding hydrogens is 198 g/mol. The fourth-order valence-corrected chi connectivity index (χ4v) is 2.45. The van der Waals surface area contributed by atoms with Crippen LogP contribution in [0.5, 0.6) is 0 Å². The smallest absolute Gasteiger partial charge is 0.225 e. The number of benzene rings is 1. The lowest BCUT2D eigenvalue weighted by Crippen LogP contribution is -2.15. The lowest BCUT2D eigenvalue weighted by Gasteiger charge is -2.11. The molecule has 1 rings (SSSR count). The lowest BCUT2D eigenvalue weighted by molar-refractivity contribution is 0.596. The first kappa shape index (κ1) is 11.2. The molecule has 0 radical (unpaired) electrons. The Bertz CT molecular complexity index is 449. The second-order valence-electron chi connectivity index (χ2n) is 3.38. The summed E-state index contributed by atoms with van der Waals surface area (Å²) >= 11 is 0. The van der Waals surface area contributed by atoms with Gasteiger partial charge in [0.1, 0.15) is 0 Å². The molecule has 0 aromatic heterocycles. The normalized spacial score (nSPS) is 11.7. The summed E-state index contributed by atoms with van der Waals surface area (Å²) in [5, 5.41) is 5.12. The maximum Gasteiger partial charge on any atom is 0.238 e. The van der Waals surface area contributed by atoms with E-state index in [9.17, 15) is 8.42 Å². The molecule has 1 aromatic rings. The van der Waals surface area contributed by atoms with Crippen LogP contribution in [-0.2, 0) is 16.4 Å². The van der Waals surface area contributed by atoms with E-state index >= 15 is 0 Å². The fourth-order valence-electron chi connectivity index (χ4n) is 1.56. The van der Waals surface area contributed by atoms with Crippen molar-refractivity contribution in [2.24, 2.45) is 5.14 Å². The van der Waals surface area contributed by atoms with Gasteiger partial charge in [-0.3, -0.25) is 0 Å². The van der Waals surface area contributed by atoms with Gasteiger partial charge in [-0.1, -0.05) is 13.0 Å². The highest BCUT2D eigenvalue weighted by Gasteiger charge is 2.15. The Morgan fingerprint density at radius 3 is 2.29 bits per heavy atom. The Balaban J connectivity index is 3.55. The van der Waals surface area contributed by atoms with Crippen molar-refractivity contribution in [1.29, 1.82) is 0 Å². The summed E-state index contributed by atoms with van der Waals surface area (Å²) in [7, 11) is -3.58. The van der Waals surface area contributed by atoms with Gasteiger partial charge in [0.05, 0.1) is 4.90 Å². The van der Waals surface area contributed by atoms with E-state index in [0.717, 1.165) is 16.7 Å². The standard InChI is InChI=1S/C10H15NO2S/c1-4-9-8(3)7(2)5-6-10(9)14(11,12)13/h5-6H,4H2,1-3H3,(H2,11,12,13). The Labute approximate surface area is 85.0 Å². The van der Waals surface area contributed by atoms with E-state index in [2.05, 4.69) is 0 Å². The number of hydrogen-bond donors (Lipinski definition) is 1. The van der Waals surface area contributed by atoms with Gasteiger partial charge in [-0.05, 0) is 43.0 Å². The van der Waals surface area contributed by atoms with Crippen molar-refractivity contribution in [1.82, 2.24) is 0 Å². The van der Waals surface area contributed by atoms with Crippen molar-refractivity contribution in [2.45, 2.75) is 32.1 Å². The minimum Gasteiger partial charge on any atom is -0.225 e. The molecule has 0 aliphatic heterocycles. The summed E-state index contributed by atoms with van der Waals surface area (Å²) in [5.41, 5.74) is 2.93. The van der Waals surface area contributed by atoms with Crippen molar-refractivity contribution in [3.63, 3.8) is 0 Å². The molecule has 3 nitrogen and oxygen atoms in total. The molecule has 0 heterocycles. The van der Waals surface area contributed by atoms with Crippen molar-refractivity contribution in [3.05, 3.63) is 28.8 Å². The fraction of sp³-hybridized carbons (Fsp3) is 0.400. The van der Waals surface area contributed by atoms with E-state index < -0.39 is 10.0 Å². The largest absolute Gasteiger partial charge is 0.238 e. The molecule has 4 heteroatoms. The summed E-state index contributed by atoms with van der Waals surface area (Å²) in [6.45, 7) is 5.81. The van der Waals surface area contributed by atoms with E-state index in [1.807, 2.05) is 20.8 Å². The van der Waals surface area contributed by atoms with Gasteiger partial charge in [-0.25, -0.2) is 13.6 Å². The third-order valence-electron chi connectivity index (χ3n) is 2.49. The molecule has 14 heavy (non-hydrogen) atoms. The number of sulfonamides is 1. The zero-order valence-corrected chi connectivity index (χ0v) is 9.48. The Morgan fingerprint density at radius 1 is 1.29 bits per heavy atom. The number of hydrogen-bond acceptors (Lipinski definition) is 2. The van der Waals surface area contributed by atoms with Crippen LogP contribution >= 0.6 is 0 Å². The van der Waals surface area contributed by atoms with Gasteiger partial charge in [-0.2, -0.15) is 0 Å². The molecule has 0 amide bonds. The third kappa shape index (κ3) is 1.96. The lowest BCUT2D eigenvalue weighted by atomic mass is 10.0. The Morgan fingerprint density at radius 2 is 1.86 bits per heavy atom. The molecule has 0 saturated heterocycles. The number of aryl methyl sites for hydroxylation is 1. The van der Waals surface area contributed by atoms with Crippen LogP contribution in [-0.4, -0.2) is 8.42 Å². The van der Waals surface area contributed by atoms with Gasteiger partial charge in [-0.15, -0.1) is 0 Å². The molecular formula is C10H15NO2S. The summed E-state index contributed by atoms with van der Waals surface area (Å²) in [5.74, 6) is 0. The van der Waals surface area contributed by atoms with Gasteiger partial charge in [0.15, 0.2) is 0 Å². The zero-order valence-electron chi connectivity index (χ0n) is 8.66. The molecule has 0 unspecified atom stereocenters. The second-order valence-corrected chi connectivity index (χ2v) is 4.91. The summed E-state index contributed by atoms with van der Waals surface area (Å²) in [6.07, 6.45) is 0.680. The van der Waals surface area contributed by atoms with E-state index in [1.54, 1.807) is 12.1 Å². The van der Waals surface area contributed by atoms with Gasteiger partial charge in [0.25, 0.3) is 0 Å². The van der Waals surface area contributed by atoms with Crippen LogP contribution in [0.15, 0.2) is 17.0 Å². The SMILES string of the molecule is CCc1c(S(N)(=O)=O)ccc(C)c1C. The number of nitrogens with two attached hydrogens (primary N) is 1. The van der Waals surface area contributed by atoms with E-state index in [1.165, 1.54) is 0 Å². The van der Waals surface area contributed by atoms with Gasteiger partial charge < -0.3 is 0 Å². The quantitative estimate of drug-likeness (QED) is 0.809. The molecule has 1 aromatic carbocycles. The molecule has 0 atom stereocenters. The van der Waals surface area contributed by atoms with Crippen molar-refractivity contribution < 1.29 is 8.42 Å². The molecule has 2 N–H and O–H groups in total. The van der Waals surface area contributed by atoms with Crippen molar-refractivity contribution in [3.8, 4) is 0 Å². The summed E-state index contributed by atoms with van der Waals surface area (Å²) in [6, 6.07) is 3.37. The maximum atomic E-state index is 11.3. The molecule has 0 fully saturated rings. The molecule has 0 saturated carbocycles. The van der Waals surface area contributed by atoms with Crippen molar-refractivity contribution in [2.75, 3.05) is 0 Å². The minimum absolute atomic E-state index is 0.253. The third-order valence-corrected chi connectivity index (χ3v) is 3.48. The predicted molar refractivity (Wildman–Crippen MR) is 56.7 cm³/mol. The topological polar surface area (TPSA) is 60.2 Å². The first-order valence-corrected chi connectivity index (χ1v) is 6.04. The highest BCUT2D eigenvalue weighted by atomic mass is 32.2. The second kappa shape index (κ2) is 3.71. The number of primary sulfonamides is 1. The van der Waals surface area contributed by atoms with Crippen LogP contribution in [0, 0.1) is 13.8 Å². The highest BCUT2D eigenvalue weighted by molar-refractivity contribution is 7.89. The summed E-state index contributed by atoms with van der Waals surface area (Å²) < 4.78 is 22.5. The average Bonchev–Trinajstić information content (AvgIpc) is 2.07. The maximum absolute atomic E-state index is 11.3. The number of rotatable bonds is 2. The van der Waals surface area contributed by atoms with Crippen LogP contribution in [0.3, 0.4) is 0 Å². The van der Waals surface area contributed by atoms with Gasteiger partial charge in [0.2, 0.25) is 10.0 Å². The zero-order chi connectivity index (χ0) is 10.9. The predicted octanol–water partition coefficient (Wildman–Crippen LogP) is 1.51. The van der Waals surface area contributed by atoms with Crippen molar-refractivity contribution >= 4 is 10.0 Å². The van der Waals surface area contributed by atoms with Crippen LogP contribution in [0.25, 0.3) is 0 Å². The molecule has 0 aliphatic rings. The van der Waals surface area contributed by atoms with Gasteiger partial charge in [0, 0.05) is 0 Å². The first-order valence-electron chi connectivity index (χ1n) is 4.49. The van der Waals surface area contributed by atoms with Gasteiger partial charge >= 0.3 is 0 Å². The summed E-state index contributed by atoms with van der Waals surface area (Å²) in [4.78, 5) is 0.253. The average molecular weight is 213 g/mol. The Hall–Kier alpha value is -0.870. The van der Waals surface area contributed by atoms with Crippen LogP contribution in [0.1, 0.15) is 23.6 Å².